The fourth-order valence-electron chi connectivity index (χ4n) is 4.76. The zero-order valence-corrected chi connectivity index (χ0v) is 22.8. The summed E-state index contributed by atoms with van der Waals surface area (Å²) >= 11 is 3.65. The number of nitrogens with zero attached hydrogens (tertiary/aromatic N) is 4. The molecule has 6 nitrogen and oxygen atoms in total. The maximum absolute atomic E-state index is 13.9. The van der Waals surface area contributed by atoms with Gasteiger partial charge in [-0.05, 0) is 91.2 Å². The predicted octanol–water partition coefficient (Wildman–Crippen LogP) is 5.46. The van der Waals surface area contributed by atoms with Gasteiger partial charge >= 0.3 is 0 Å². The Morgan fingerprint density at radius 1 is 1.06 bits per heavy atom. The van der Waals surface area contributed by atoms with Crippen LogP contribution in [0.4, 0.5) is 5.69 Å². The van der Waals surface area contributed by atoms with Crippen molar-refractivity contribution in [2.45, 2.75) is 31.2 Å². The molecule has 2 aromatic carbocycles. The monoisotopic (exact) mass is 552 g/mol. The Morgan fingerprint density at radius 3 is 2.37 bits per heavy atom. The molecule has 182 valence electrons. The average molecular weight is 554 g/mol. The van der Waals surface area contributed by atoms with E-state index in [1.54, 1.807) is 18.3 Å². The summed E-state index contributed by atoms with van der Waals surface area (Å²) in [5.41, 5.74) is 4.90. The van der Waals surface area contributed by atoms with Crippen LogP contribution in [0.5, 0.6) is 0 Å². The number of hydrogen-bond donors (Lipinski definition) is 0. The van der Waals surface area contributed by atoms with Gasteiger partial charge in [0, 0.05) is 41.4 Å². The molecule has 1 aliphatic heterocycles. The number of aryl methyl sites for hydroxylation is 2. The summed E-state index contributed by atoms with van der Waals surface area (Å²) in [6.45, 7) is 6.04. The summed E-state index contributed by atoms with van der Waals surface area (Å²) in [6, 6.07) is 17.5. The molecule has 0 aliphatic carbocycles. The lowest BCUT2D eigenvalue weighted by Crippen LogP contribution is -2.33. The van der Waals surface area contributed by atoms with Crippen molar-refractivity contribution in [2.24, 2.45) is 0 Å². The van der Waals surface area contributed by atoms with E-state index in [0.717, 1.165) is 51.7 Å². The van der Waals surface area contributed by atoms with E-state index < -0.39 is 10.0 Å². The lowest BCUT2D eigenvalue weighted by Gasteiger charge is -2.26. The summed E-state index contributed by atoms with van der Waals surface area (Å²) in [4.78, 5) is 9.44. The molecular formula is C27H29BrN4O2S. The van der Waals surface area contributed by atoms with Gasteiger partial charge in [-0.2, -0.15) is 0 Å². The highest BCUT2D eigenvalue weighted by molar-refractivity contribution is 9.10. The van der Waals surface area contributed by atoms with E-state index in [-0.39, 0.29) is 4.90 Å². The Balaban J connectivity index is 1.64. The average Bonchev–Trinajstić information content (AvgIpc) is 3.46. The van der Waals surface area contributed by atoms with Crippen LogP contribution >= 0.6 is 15.9 Å². The van der Waals surface area contributed by atoms with E-state index in [1.165, 1.54) is 3.97 Å². The molecule has 1 saturated heterocycles. The Kier molecular flexibility index (Phi) is 6.23. The molecule has 0 radical (unpaired) electrons. The van der Waals surface area contributed by atoms with Gasteiger partial charge in [-0.15, -0.1) is 0 Å². The quantitative estimate of drug-likeness (QED) is 0.329. The first-order valence-electron chi connectivity index (χ1n) is 11.7. The zero-order valence-electron chi connectivity index (χ0n) is 20.4. The molecule has 4 aromatic rings. The van der Waals surface area contributed by atoms with Crippen LogP contribution in [0.15, 0.2) is 70.2 Å². The van der Waals surface area contributed by atoms with Gasteiger partial charge in [0.15, 0.2) is 5.65 Å². The molecule has 1 aliphatic rings. The molecule has 1 fully saturated rings. The second-order valence-corrected chi connectivity index (χ2v) is 12.0. The molecule has 0 spiro atoms. The smallest absolute Gasteiger partial charge is 0.269 e. The fourth-order valence-corrected chi connectivity index (χ4v) is 6.63. The Hall–Kier alpha value is -2.68. The predicted molar refractivity (Wildman–Crippen MR) is 146 cm³/mol. The van der Waals surface area contributed by atoms with E-state index in [2.05, 4.69) is 56.9 Å². The number of anilines is 1. The molecular weight excluding hydrogens is 524 g/mol. The molecule has 0 N–H and O–H groups in total. The standard InChI is InChI=1S/C27H29BrN4O2S/c1-18-5-11-23(12-6-18)35(33,34)32-25(15-24-26(28)19(2)16-29-27(24)32)20-7-9-21(10-8-20)31(4)22-13-14-30(3)17-22/h5-12,15-16,22H,13-14,17H2,1-4H3. The molecule has 1 atom stereocenters. The van der Waals surface area contributed by atoms with Crippen molar-refractivity contribution in [1.29, 1.82) is 0 Å². The topological polar surface area (TPSA) is 58.4 Å². The Bertz CT molecular complexity index is 1500. The molecule has 5 rings (SSSR count). The number of halogens is 1. The highest BCUT2D eigenvalue weighted by Gasteiger charge is 2.27. The van der Waals surface area contributed by atoms with Crippen molar-refractivity contribution >= 4 is 42.7 Å². The van der Waals surface area contributed by atoms with Gasteiger partial charge in [-0.1, -0.05) is 29.8 Å². The summed E-state index contributed by atoms with van der Waals surface area (Å²) in [7, 11) is 0.402. The number of likely N-dealkylation sites (tertiary alicyclic amines) is 1. The number of likely N-dealkylation sites (N-methyl/N-ethyl adjacent to an activating group) is 2. The van der Waals surface area contributed by atoms with Crippen LogP contribution in [0.25, 0.3) is 22.3 Å². The van der Waals surface area contributed by atoms with Gasteiger partial charge in [-0.3, -0.25) is 0 Å². The zero-order chi connectivity index (χ0) is 24.9. The highest BCUT2D eigenvalue weighted by atomic mass is 79.9. The number of rotatable bonds is 5. The van der Waals surface area contributed by atoms with Crippen LogP contribution in [0, 0.1) is 13.8 Å². The lowest BCUT2D eigenvalue weighted by molar-refractivity contribution is 0.409. The van der Waals surface area contributed by atoms with Crippen LogP contribution in [-0.2, 0) is 10.0 Å². The summed E-state index contributed by atoms with van der Waals surface area (Å²) in [6.07, 6.45) is 2.84. The normalized spacial score (nSPS) is 16.8. The van der Waals surface area contributed by atoms with Gasteiger partial charge in [0.25, 0.3) is 10.0 Å². The Labute approximate surface area is 215 Å². The van der Waals surface area contributed by atoms with Crippen molar-refractivity contribution in [1.82, 2.24) is 13.9 Å². The summed E-state index contributed by atoms with van der Waals surface area (Å²) in [5.74, 6) is 0. The molecule has 0 bridgehead atoms. The van der Waals surface area contributed by atoms with Crippen LogP contribution < -0.4 is 4.90 Å². The first-order chi connectivity index (χ1) is 16.7. The van der Waals surface area contributed by atoms with Crippen molar-refractivity contribution in [3.8, 4) is 11.3 Å². The fraction of sp³-hybridized carbons (Fsp3) is 0.296. The molecule has 8 heteroatoms. The van der Waals surface area contributed by atoms with Crippen molar-refractivity contribution < 1.29 is 8.42 Å². The highest BCUT2D eigenvalue weighted by Crippen LogP contribution is 2.36. The third-order valence-corrected chi connectivity index (χ3v) is 9.71. The van der Waals surface area contributed by atoms with Crippen LogP contribution in [0.3, 0.4) is 0 Å². The minimum absolute atomic E-state index is 0.238. The number of fused-ring (bicyclic) bond motifs is 1. The minimum atomic E-state index is -3.88. The van der Waals surface area contributed by atoms with Crippen LogP contribution in [0.2, 0.25) is 0 Å². The minimum Gasteiger partial charge on any atom is -0.370 e. The number of benzene rings is 2. The van der Waals surface area contributed by atoms with Gasteiger partial charge in [0.2, 0.25) is 0 Å². The Morgan fingerprint density at radius 2 is 1.74 bits per heavy atom. The van der Waals surface area contributed by atoms with Crippen LogP contribution in [0.1, 0.15) is 17.5 Å². The van der Waals surface area contributed by atoms with E-state index in [9.17, 15) is 8.42 Å². The van der Waals surface area contributed by atoms with Crippen LogP contribution in [-0.4, -0.2) is 55.5 Å². The van der Waals surface area contributed by atoms with Crippen molar-refractivity contribution in [3.63, 3.8) is 0 Å². The largest absolute Gasteiger partial charge is 0.370 e. The summed E-state index contributed by atoms with van der Waals surface area (Å²) < 4.78 is 30.0. The second-order valence-electron chi connectivity index (χ2n) is 9.47. The first kappa shape index (κ1) is 24.0. The maximum Gasteiger partial charge on any atom is 0.269 e. The third kappa shape index (κ3) is 4.28. The first-order valence-corrected chi connectivity index (χ1v) is 13.9. The second kappa shape index (κ2) is 9.08. The van der Waals surface area contributed by atoms with Crippen molar-refractivity contribution in [3.05, 3.63) is 76.4 Å². The molecule has 1 unspecified atom stereocenters. The number of pyridine rings is 1. The van der Waals surface area contributed by atoms with Crippen molar-refractivity contribution in [2.75, 3.05) is 32.1 Å². The molecule has 35 heavy (non-hydrogen) atoms. The van der Waals surface area contributed by atoms with Gasteiger partial charge in [-0.25, -0.2) is 17.4 Å². The van der Waals surface area contributed by atoms with E-state index >= 15 is 0 Å². The maximum atomic E-state index is 13.9. The molecule has 3 heterocycles. The lowest BCUT2D eigenvalue weighted by atomic mass is 10.1. The SMILES string of the molecule is Cc1ccc(S(=O)(=O)n2c(-c3ccc(N(C)C4CCN(C)C4)cc3)cc3c(Br)c(C)cnc32)cc1. The van der Waals surface area contributed by atoms with Gasteiger partial charge in [0.05, 0.1) is 10.6 Å². The van der Waals surface area contributed by atoms with Gasteiger partial charge < -0.3 is 9.80 Å². The number of aromatic nitrogens is 2. The summed E-state index contributed by atoms with van der Waals surface area (Å²) in [5, 5.41) is 0.769. The molecule has 0 saturated carbocycles. The molecule has 0 amide bonds. The molecule has 2 aromatic heterocycles. The van der Waals surface area contributed by atoms with E-state index in [1.807, 2.05) is 44.2 Å². The van der Waals surface area contributed by atoms with E-state index in [0.29, 0.717) is 17.4 Å². The number of hydrogen-bond acceptors (Lipinski definition) is 5. The van der Waals surface area contributed by atoms with Gasteiger partial charge in [0.1, 0.15) is 0 Å². The third-order valence-electron chi connectivity index (χ3n) is 6.94. The van der Waals surface area contributed by atoms with E-state index in [4.69, 9.17) is 0 Å².